The molecule has 0 saturated carbocycles. The summed E-state index contributed by atoms with van der Waals surface area (Å²) in [5, 5.41) is 9.38. The zero-order chi connectivity index (χ0) is 18.4. The van der Waals surface area contributed by atoms with Crippen LogP contribution in [0.25, 0.3) is 21.1 Å². The Morgan fingerprint density at radius 1 is 1.19 bits per heavy atom. The van der Waals surface area contributed by atoms with Crippen LogP contribution in [-0.4, -0.2) is 39.1 Å². The van der Waals surface area contributed by atoms with E-state index in [-0.39, 0.29) is 5.91 Å². The van der Waals surface area contributed by atoms with E-state index in [1.165, 1.54) is 9.71 Å². The van der Waals surface area contributed by atoms with Gasteiger partial charge in [-0.1, -0.05) is 23.8 Å². The summed E-state index contributed by atoms with van der Waals surface area (Å²) in [7, 11) is 0. The van der Waals surface area contributed by atoms with Gasteiger partial charge in [0.15, 0.2) is 5.69 Å². The average molecular weight is 376 g/mol. The molecule has 1 aliphatic heterocycles. The number of aryl methyl sites for hydroxylation is 1. The van der Waals surface area contributed by atoms with Gasteiger partial charge in [0.05, 0.1) is 20.7 Å². The summed E-state index contributed by atoms with van der Waals surface area (Å²) in [6, 6.07) is 14.3. The Morgan fingerprint density at radius 2 is 2.00 bits per heavy atom. The van der Waals surface area contributed by atoms with Crippen molar-refractivity contribution in [1.29, 1.82) is 0 Å². The molecular formula is C21H20N4OS. The molecule has 0 atom stereocenters. The van der Waals surface area contributed by atoms with Crippen molar-refractivity contribution in [2.75, 3.05) is 13.1 Å². The van der Waals surface area contributed by atoms with Crippen molar-refractivity contribution in [2.45, 2.75) is 25.7 Å². The van der Waals surface area contributed by atoms with Gasteiger partial charge in [0, 0.05) is 24.4 Å². The first kappa shape index (κ1) is 16.4. The maximum Gasteiger partial charge on any atom is 0.274 e. The third-order valence-electron chi connectivity index (χ3n) is 5.36. The van der Waals surface area contributed by atoms with Crippen molar-refractivity contribution in [3.63, 3.8) is 0 Å². The maximum atomic E-state index is 13.0. The summed E-state index contributed by atoms with van der Waals surface area (Å²) >= 11 is 1.78. The van der Waals surface area contributed by atoms with Gasteiger partial charge >= 0.3 is 0 Å². The second kappa shape index (κ2) is 6.46. The third-order valence-corrected chi connectivity index (χ3v) is 6.56. The summed E-state index contributed by atoms with van der Waals surface area (Å²) in [5.41, 5.74) is 3.65. The van der Waals surface area contributed by atoms with Gasteiger partial charge in [-0.2, -0.15) is 5.10 Å². The molecule has 1 saturated heterocycles. The van der Waals surface area contributed by atoms with Crippen molar-refractivity contribution in [3.05, 3.63) is 58.7 Å². The zero-order valence-corrected chi connectivity index (χ0v) is 15.9. The van der Waals surface area contributed by atoms with Crippen molar-refractivity contribution >= 4 is 38.4 Å². The molecule has 1 fully saturated rings. The molecule has 2 aromatic carbocycles. The van der Waals surface area contributed by atoms with Crippen LogP contribution in [0.4, 0.5) is 0 Å². The van der Waals surface area contributed by atoms with Gasteiger partial charge in [0.25, 0.3) is 5.91 Å². The van der Waals surface area contributed by atoms with Gasteiger partial charge in [0.1, 0.15) is 0 Å². The lowest BCUT2D eigenvalue weighted by Gasteiger charge is -2.30. The number of nitrogens with one attached hydrogen (secondary N) is 1. The number of aromatic nitrogens is 3. The second-order valence-corrected chi connectivity index (χ2v) is 8.27. The number of carbonyl (C=O) groups is 1. The minimum atomic E-state index is 0.0228. The molecular weight excluding hydrogens is 356 g/mol. The van der Waals surface area contributed by atoms with Crippen molar-refractivity contribution < 1.29 is 4.79 Å². The largest absolute Gasteiger partial charge is 0.337 e. The number of piperidine rings is 1. The highest BCUT2D eigenvalue weighted by atomic mass is 32.1. The van der Waals surface area contributed by atoms with Crippen LogP contribution in [0.3, 0.4) is 0 Å². The SMILES string of the molecule is Cc1ccc2[nH]nc(C(=O)N3CCC(c4nc5ccccc5s4)CC3)c2c1. The van der Waals surface area contributed by atoms with E-state index in [0.29, 0.717) is 11.6 Å². The van der Waals surface area contributed by atoms with Crippen LogP contribution in [0, 0.1) is 6.92 Å². The number of rotatable bonds is 2. The summed E-state index contributed by atoms with van der Waals surface area (Å²) in [4.78, 5) is 19.7. The number of nitrogens with zero attached hydrogens (tertiary/aromatic N) is 3. The monoisotopic (exact) mass is 376 g/mol. The second-order valence-electron chi connectivity index (χ2n) is 7.21. The number of hydrogen-bond acceptors (Lipinski definition) is 4. The Labute approximate surface area is 161 Å². The molecule has 3 heterocycles. The Balaban J connectivity index is 1.33. The number of aromatic amines is 1. The van der Waals surface area contributed by atoms with E-state index >= 15 is 0 Å². The molecule has 5 rings (SSSR count). The van der Waals surface area contributed by atoms with E-state index in [1.54, 1.807) is 11.3 Å². The number of thiazole rings is 1. The van der Waals surface area contributed by atoms with Crippen LogP contribution >= 0.6 is 11.3 Å². The van der Waals surface area contributed by atoms with Gasteiger partial charge < -0.3 is 4.90 Å². The van der Waals surface area contributed by atoms with Crippen LogP contribution in [0.2, 0.25) is 0 Å². The van der Waals surface area contributed by atoms with Crippen LogP contribution in [0.15, 0.2) is 42.5 Å². The normalized spacial score (nSPS) is 15.7. The first-order valence-electron chi connectivity index (χ1n) is 9.28. The summed E-state index contributed by atoms with van der Waals surface area (Å²) < 4.78 is 1.24. The Morgan fingerprint density at radius 3 is 2.81 bits per heavy atom. The molecule has 5 nitrogen and oxygen atoms in total. The zero-order valence-electron chi connectivity index (χ0n) is 15.1. The minimum Gasteiger partial charge on any atom is -0.337 e. The summed E-state index contributed by atoms with van der Waals surface area (Å²) in [6.45, 7) is 3.53. The molecule has 1 amide bonds. The lowest BCUT2D eigenvalue weighted by Crippen LogP contribution is -2.38. The molecule has 1 aliphatic rings. The van der Waals surface area contributed by atoms with Gasteiger partial charge in [-0.15, -0.1) is 11.3 Å². The standard InChI is InChI=1S/C21H20N4OS/c1-13-6-7-16-15(12-13)19(24-23-16)21(26)25-10-8-14(9-11-25)20-22-17-4-2-3-5-18(17)27-20/h2-7,12,14H,8-11H2,1H3,(H,23,24). The molecule has 0 spiro atoms. The highest BCUT2D eigenvalue weighted by Crippen LogP contribution is 2.34. The molecule has 6 heteroatoms. The number of fused-ring (bicyclic) bond motifs is 2. The quantitative estimate of drug-likeness (QED) is 0.560. The predicted octanol–water partition coefficient (Wildman–Crippen LogP) is 4.50. The topological polar surface area (TPSA) is 61.9 Å². The molecule has 1 N–H and O–H groups in total. The first-order valence-corrected chi connectivity index (χ1v) is 10.1. The third kappa shape index (κ3) is 2.90. The Hall–Kier alpha value is -2.73. The lowest BCUT2D eigenvalue weighted by molar-refractivity contribution is 0.0709. The average Bonchev–Trinajstić information content (AvgIpc) is 3.31. The lowest BCUT2D eigenvalue weighted by atomic mass is 9.97. The molecule has 4 aromatic rings. The van der Waals surface area contributed by atoms with Crippen molar-refractivity contribution in [3.8, 4) is 0 Å². The summed E-state index contributed by atoms with van der Waals surface area (Å²) in [6.07, 6.45) is 1.90. The van der Waals surface area contributed by atoms with E-state index < -0.39 is 0 Å². The highest BCUT2D eigenvalue weighted by Gasteiger charge is 2.28. The van der Waals surface area contributed by atoms with Crippen LogP contribution in [0.5, 0.6) is 0 Å². The van der Waals surface area contributed by atoms with Crippen molar-refractivity contribution in [1.82, 2.24) is 20.1 Å². The molecule has 0 aliphatic carbocycles. The van der Waals surface area contributed by atoms with E-state index in [9.17, 15) is 4.79 Å². The Bertz CT molecular complexity index is 1100. The number of carbonyl (C=O) groups excluding carboxylic acids is 1. The fourth-order valence-corrected chi connectivity index (χ4v) is 4.97. The number of likely N-dealkylation sites (tertiary alicyclic amines) is 1. The summed E-state index contributed by atoms with van der Waals surface area (Å²) in [5.74, 6) is 0.458. The minimum absolute atomic E-state index is 0.0228. The fourth-order valence-electron chi connectivity index (χ4n) is 3.83. The van der Waals surface area contributed by atoms with Crippen LogP contribution < -0.4 is 0 Å². The van der Waals surface area contributed by atoms with Crippen LogP contribution in [0.1, 0.15) is 39.8 Å². The molecule has 0 unspecified atom stereocenters. The number of benzene rings is 2. The smallest absolute Gasteiger partial charge is 0.274 e. The van der Waals surface area contributed by atoms with Crippen LogP contribution in [-0.2, 0) is 0 Å². The predicted molar refractivity (Wildman–Crippen MR) is 108 cm³/mol. The fraction of sp³-hybridized carbons (Fsp3) is 0.286. The highest BCUT2D eigenvalue weighted by molar-refractivity contribution is 7.18. The van der Waals surface area contributed by atoms with Gasteiger partial charge in [-0.3, -0.25) is 9.89 Å². The molecule has 27 heavy (non-hydrogen) atoms. The number of hydrogen-bond donors (Lipinski definition) is 1. The number of amides is 1. The van der Waals surface area contributed by atoms with E-state index in [0.717, 1.165) is 47.9 Å². The Kier molecular flexibility index (Phi) is 3.93. The van der Waals surface area contributed by atoms with Gasteiger partial charge in [0.2, 0.25) is 0 Å². The van der Waals surface area contributed by atoms with E-state index in [2.05, 4.69) is 28.4 Å². The van der Waals surface area contributed by atoms with E-state index in [4.69, 9.17) is 4.98 Å². The molecule has 136 valence electrons. The molecule has 2 aromatic heterocycles. The van der Waals surface area contributed by atoms with Crippen molar-refractivity contribution in [2.24, 2.45) is 0 Å². The molecule has 0 radical (unpaired) electrons. The number of para-hydroxylation sites is 1. The first-order chi connectivity index (χ1) is 13.2. The molecule has 0 bridgehead atoms. The number of H-pyrrole nitrogens is 1. The van der Waals surface area contributed by atoms with Gasteiger partial charge in [-0.25, -0.2) is 4.98 Å². The van der Waals surface area contributed by atoms with E-state index in [1.807, 2.05) is 36.1 Å². The maximum absolute atomic E-state index is 13.0. The van der Waals surface area contributed by atoms with Gasteiger partial charge in [-0.05, 0) is 44.0 Å².